The zero-order valence-electron chi connectivity index (χ0n) is 14.4. The molecule has 0 bridgehead atoms. The molecule has 0 radical (unpaired) electrons. The van der Waals surface area contributed by atoms with Crippen molar-refractivity contribution in [3.05, 3.63) is 58.1 Å². The maximum absolute atomic E-state index is 4.88. The number of fused-ring (bicyclic) bond motifs is 2. The molecule has 4 rings (SSSR count). The molecule has 5 nitrogen and oxygen atoms in total. The van der Waals surface area contributed by atoms with E-state index in [9.17, 15) is 0 Å². The summed E-state index contributed by atoms with van der Waals surface area (Å²) in [5.41, 5.74) is 3.38. The zero-order valence-corrected chi connectivity index (χ0v) is 16.5. The summed E-state index contributed by atoms with van der Waals surface area (Å²) in [5, 5.41) is 5.92. The summed E-state index contributed by atoms with van der Waals surface area (Å²) < 4.78 is 5.41. The van der Waals surface area contributed by atoms with Crippen molar-refractivity contribution in [3.8, 4) is 0 Å². The average molecular weight is 445 g/mol. The molecule has 128 valence electrons. The standard InChI is InChI=1S/C19H20IN5/c1-23(2)11-12-24-17-10-6-4-8-15(17)21-18(24)13-25-16-9-5-3-7-14(16)19(20)22-25/h3-10H,11-13H2,1-2H3. The quantitative estimate of drug-likeness (QED) is 0.441. The van der Waals surface area contributed by atoms with Crippen molar-refractivity contribution in [1.29, 1.82) is 0 Å². The molecule has 0 N–H and O–H groups in total. The van der Waals surface area contributed by atoms with Crippen molar-refractivity contribution in [2.75, 3.05) is 20.6 Å². The largest absolute Gasteiger partial charge is 0.325 e. The maximum atomic E-state index is 4.88. The molecule has 0 aliphatic heterocycles. The van der Waals surface area contributed by atoms with Crippen LogP contribution in [0, 0.1) is 3.70 Å². The highest BCUT2D eigenvalue weighted by Crippen LogP contribution is 2.22. The van der Waals surface area contributed by atoms with E-state index >= 15 is 0 Å². The van der Waals surface area contributed by atoms with Crippen molar-refractivity contribution in [2.24, 2.45) is 0 Å². The van der Waals surface area contributed by atoms with Gasteiger partial charge < -0.3 is 9.47 Å². The molecule has 25 heavy (non-hydrogen) atoms. The highest BCUT2D eigenvalue weighted by atomic mass is 127. The van der Waals surface area contributed by atoms with E-state index in [-0.39, 0.29) is 0 Å². The van der Waals surface area contributed by atoms with Crippen LogP contribution in [-0.2, 0) is 13.1 Å². The highest BCUT2D eigenvalue weighted by Gasteiger charge is 2.14. The lowest BCUT2D eigenvalue weighted by Crippen LogP contribution is -2.20. The van der Waals surface area contributed by atoms with Crippen LogP contribution < -0.4 is 0 Å². The first-order chi connectivity index (χ1) is 12.1. The molecule has 0 fully saturated rings. The fourth-order valence-electron chi connectivity index (χ4n) is 3.14. The molecule has 0 unspecified atom stereocenters. The summed E-state index contributed by atoms with van der Waals surface area (Å²) >= 11 is 2.30. The van der Waals surface area contributed by atoms with Crippen LogP contribution in [-0.4, -0.2) is 44.9 Å². The van der Waals surface area contributed by atoms with E-state index in [0.717, 1.165) is 33.6 Å². The molecule has 6 heteroatoms. The average Bonchev–Trinajstić information content (AvgIpc) is 3.11. The number of rotatable bonds is 5. The predicted octanol–water partition coefficient (Wildman–Crippen LogP) is 3.60. The molecule has 2 heterocycles. The Labute approximate surface area is 160 Å². The lowest BCUT2D eigenvalue weighted by molar-refractivity contribution is 0.382. The molecule has 0 amide bonds. The first-order valence-electron chi connectivity index (χ1n) is 8.33. The molecule has 0 atom stereocenters. The van der Waals surface area contributed by atoms with Crippen LogP contribution in [0.1, 0.15) is 5.82 Å². The lowest BCUT2D eigenvalue weighted by atomic mass is 10.2. The third-order valence-corrected chi connectivity index (χ3v) is 5.21. The van der Waals surface area contributed by atoms with E-state index in [0.29, 0.717) is 6.54 Å². The van der Waals surface area contributed by atoms with E-state index in [2.05, 4.69) is 93.3 Å². The van der Waals surface area contributed by atoms with Gasteiger partial charge in [0.25, 0.3) is 0 Å². The summed E-state index contributed by atoms with van der Waals surface area (Å²) in [5.74, 6) is 1.05. The van der Waals surface area contributed by atoms with E-state index in [1.165, 1.54) is 10.9 Å². The number of nitrogens with zero attached hydrogens (tertiary/aromatic N) is 5. The van der Waals surface area contributed by atoms with Crippen molar-refractivity contribution < 1.29 is 0 Å². The second-order valence-electron chi connectivity index (χ2n) is 6.44. The van der Waals surface area contributed by atoms with Gasteiger partial charge >= 0.3 is 0 Å². The Balaban J connectivity index is 1.78. The minimum absolute atomic E-state index is 0.672. The van der Waals surface area contributed by atoms with Crippen LogP contribution >= 0.6 is 22.6 Å². The van der Waals surface area contributed by atoms with Gasteiger partial charge in [-0.1, -0.05) is 30.3 Å². The number of aromatic nitrogens is 4. The summed E-state index contributed by atoms with van der Waals surface area (Å²) in [6.45, 7) is 2.56. The van der Waals surface area contributed by atoms with Gasteiger partial charge in [0.2, 0.25) is 0 Å². The Morgan fingerprint density at radius 2 is 1.72 bits per heavy atom. The number of para-hydroxylation sites is 3. The third kappa shape index (κ3) is 3.16. The van der Waals surface area contributed by atoms with Gasteiger partial charge in [0.1, 0.15) is 9.53 Å². The second kappa shape index (κ2) is 6.76. The monoisotopic (exact) mass is 445 g/mol. The van der Waals surface area contributed by atoms with E-state index in [1.54, 1.807) is 0 Å². The zero-order chi connectivity index (χ0) is 17.4. The topological polar surface area (TPSA) is 38.9 Å². The van der Waals surface area contributed by atoms with Crippen molar-refractivity contribution >= 4 is 44.5 Å². The lowest BCUT2D eigenvalue weighted by Gasteiger charge is -2.13. The molecular formula is C19H20IN5. The number of likely N-dealkylation sites (N-methyl/N-ethyl adjacent to an activating group) is 1. The summed E-state index contributed by atoms with van der Waals surface area (Å²) in [4.78, 5) is 7.08. The van der Waals surface area contributed by atoms with E-state index < -0.39 is 0 Å². The first kappa shape index (κ1) is 16.5. The molecule has 0 aliphatic carbocycles. The van der Waals surface area contributed by atoms with Gasteiger partial charge in [0.15, 0.2) is 0 Å². The first-order valence-corrected chi connectivity index (χ1v) is 9.41. The predicted molar refractivity (Wildman–Crippen MR) is 110 cm³/mol. The van der Waals surface area contributed by atoms with Gasteiger partial charge in [-0.2, -0.15) is 5.10 Å². The molecular weight excluding hydrogens is 425 g/mol. The Morgan fingerprint density at radius 1 is 1.00 bits per heavy atom. The summed E-state index contributed by atoms with van der Waals surface area (Å²) in [6, 6.07) is 16.7. The second-order valence-corrected chi connectivity index (χ2v) is 7.46. The number of imidazole rings is 1. The molecule has 0 saturated carbocycles. The normalized spacial score (nSPS) is 11.8. The van der Waals surface area contributed by atoms with Crippen molar-refractivity contribution in [3.63, 3.8) is 0 Å². The minimum Gasteiger partial charge on any atom is -0.325 e. The van der Waals surface area contributed by atoms with Gasteiger partial charge in [-0.15, -0.1) is 0 Å². The van der Waals surface area contributed by atoms with Crippen molar-refractivity contribution in [1.82, 2.24) is 24.2 Å². The van der Waals surface area contributed by atoms with Crippen LogP contribution in [0.4, 0.5) is 0 Å². The number of hydrogen-bond acceptors (Lipinski definition) is 3. The van der Waals surface area contributed by atoms with E-state index in [1.807, 2.05) is 6.07 Å². The Kier molecular flexibility index (Phi) is 4.47. The Morgan fingerprint density at radius 3 is 2.52 bits per heavy atom. The highest BCUT2D eigenvalue weighted by molar-refractivity contribution is 14.1. The van der Waals surface area contributed by atoms with E-state index in [4.69, 9.17) is 10.1 Å². The molecule has 2 aromatic carbocycles. The van der Waals surface area contributed by atoms with Crippen molar-refractivity contribution in [2.45, 2.75) is 13.1 Å². The summed E-state index contributed by atoms with van der Waals surface area (Å²) in [6.07, 6.45) is 0. The SMILES string of the molecule is CN(C)CCn1c(Cn2nc(I)c3ccccc32)nc2ccccc21. The van der Waals surface area contributed by atoms with Crippen LogP contribution in [0.2, 0.25) is 0 Å². The molecule has 2 aromatic heterocycles. The molecule has 0 spiro atoms. The van der Waals surface area contributed by atoms with Gasteiger partial charge in [-0.05, 0) is 54.9 Å². The minimum atomic E-state index is 0.672. The number of halogens is 1. The van der Waals surface area contributed by atoms with Gasteiger partial charge in [0, 0.05) is 18.5 Å². The van der Waals surface area contributed by atoms with Gasteiger partial charge in [-0.3, -0.25) is 4.68 Å². The van der Waals surface area contributed by atoms with Gasteiger partial charge in [0.05, 0.1) is 23.1 Å². The Bertz CT molecular complexity index is 1030. The third-order valence-electron chi connectivity index (χ3n) is 4.41. The Hall–Kier alpha value is -1.93. The van der Waals surface area contributed by atoms with Gasteiger partial charge in [-0.25, -0.2) is 4.98 Å². The fourth-order valence-corrected chi connectivity index (χ4v) is 3.85. The van der Waals surface area contributed by atoms with Crippen LogP contribution in [0.3, 0.4) is 0 Å². The molecule has 0 saturated heterocycles. The number of benzene rings is 2. The van der Waals surface area contributed by atoms with Crippen LogP contribution in [0.25, 0.3) is 21.9 Å². The molecule has 0 aliphatic rings. The fraction of sp³-hybridized carbons (Fsp3) is 0.263. The van der Waals surface area contributed by atoms with Crippen LogP contribution in [0.15, 0.2) is 48.5 Å². The van der Waals surface area contributed by atoms with Crippen LogP contribution in [0.5, 0.6) is 0 Å². The molecule has 4 aromatic rings. The number of hydrogen-bond donors (Lipinski definition) is 0. The summed E-state index contributed by atoms with van der Waals surface area (Å²) in [7, 11) is 4.20. The smallest absolute Gasteiger partial charge is 0.131 e. The maximum Gasteiger partial charge on any atom is 0.131 e.